The lowest BCUT2D eigenvalue weighted by Crippen LogP contribution is -2.24. The van der Waals surface area contributed by atoms with Gasteiger partial charge in [-0.25, -0.2) is 0 Å². The van der Waals surface area contributed by atoms with Crippen LogP contribution < -0.4 is 20.1 Å². The minimum atomic E-state index is -0.364. The Hall–Kier alpha value is -3.22. The Balaban J connectivity index is 1.59. The second-order valence-electron chi connectivity index (χ2n) is 7.81. The number of anilines is 2. The van der Waals surface area contributed by atoms with E-state index >= 15 is 0 Å². The van der Waals surface area contributed by atoms with Crippen molar-refractivity contribution in [3.63, 3.8) is 0 Å². The second kappa shape index (κ2) is 11.3. The van der Waals surface area contributed by atoms with E-state index in [1.807, 2.05) is 27.7 Å². The molecule has 8 heteroatoms. The van der Waals surface area contributed by atoms with Gasteiger partial charge in [-0.2, -0.15) is 0 Å². The van der Waals surface area contributed by atoms with Crippen LogP contribution in [0.1, 0.15) is 22.3 Å². The maximum Gasteiger partial charge on any atom is 0.262 e. The number of ether oxygens (including phenoxy) is 2. The van der Waals surface area contributed by atoms with E-state index < -0.39 is 0 Å². The first kappa shape index (κ1) is 25.4. The molecule has 3 rings (SSSR count). The summed E-state index contributed by atoms with van der Waals surface area (Å²) >= 11 is 12.2. The summed E-state index contributed by atoms with van der Waals surface area (Å²) in [5.74, 6) is 0.446. The second-order valence-corrected chi connectivity index (χ2v) is 8.62. The fourth-order valence-corrected chi connectivity index (χ4v) is 3.61. The molecule has 0 fully saturated rings. The van der Waals surface area contributed by atoms with Crippen LogP contribution in [0, 0.1) is 27.7 Å². The molecule has 34 heavy (non-hydrogen) atoms. The van der Waals surface area contributed by atoms with Crippen LogP contribution >= 0.6 is 23.2 Å². The Kier molecular flexibility index (Phi) is 8.42. The molecule has 0 radical (unpaired) electrons. The number of carbonyl (C=O) groups excluding carboxylic acids is 2. The predicted molar refractivity (Wildman–Crippen MR) is 137 cm³/mol. The average Bonchev–Trinajstić information content (AvgIpc) is 2.81. The molecule has 0 atom stereocenters. The molecule has 0 aromatic heterocycles. The normalized spacial score (nSPS) is 10.5. The highest BCUT2D eigenvalue weighted by molar-refractivity contribution is 6.31. The van der Waals surface area contributed by atoms with Crippen molar-refractivity contribution in [1.82, 2.24) is 0 Å². The van der Waals surface area contributed by atoms with E-state index in [1.165, 1.54) is 0 Å². The molecule has 178 valence electrons. The summed E-state index contributed by atoms with van der Waals surface area (Å²) in [5.41, 5.74) is 4.45. The number of para-hydroxylation sites is 2. The zero-order valence-electron chi connectivity index (χ0n) is 19.4. The van der Waals surface area contributed by atoms with Crippen LogP contribution in [0.4, 0.5) is 11.4 Å². The number of hydrogen-bond donors (Lipinski definition) is 2. The molecule has 0 saturated carbocycles. The first-order valence-corrected chi connectivity index (χ1v) is 11.4. The van der Waals surface area contributed by atoms with Crippen molar-refractivity contribution in [3.8, 4) is 11.5 Å². The lowest BCUT2D eigenvalue weighted by atomic mass is 10.1. The summed E-state index contributed by atoms with van der Waals surface area (Å²) in [6.07, 6.45) is 0. The molecule has 6 nitrogen and oxygen atoms in total. The van der Waals surface area contributed by atoms with Gasteiger partial charge in [0.25, 0.3) is 11.8 Å². The van der Waals surface area contributed by atoms with Gasteiger partial charge in [0, 0.05) is 10.0 Å². The molecule has 3 aromatic rings. The summed E-state index contributed by atoms with van der Waals surface area (Å²) < 4.78 is 11.3. The van der Waals surface area contributed by atoms with Crippen molar-refractivity contribution >= 4 is 46.4 Å². The molecule has 0 aliphatic rings. The molecule has 0 unspecified atom stereocenters. The summed E-state index contributed by atoms with van der Waals surface area (Å²) in [6.45, 7) is 7.17. The topological polar surface area (TPSA) is 76.7 Å². The highest BCUT2D eigenvalue weighted by atomic mass is 35.5. The average molecular weight is 501 g/mol. The van der Waals surface area contributed by atoms with Crippen LogP contribution in [-0.2, 0) is 9.59 Å². The molecular formula is C26H26Cl2N2O4. The van der Waals surface area contributed by atoms with Gasteiger partial charge >= 0.3 is 0 Å². The van der Waals surface area contributed by atoms with Gasteiger partial charge in [-0.15, -0.1) is 0 Å². The van der Waals surface area contributed by atoms with Crippen LogP contribution in [0.5, 0.6) is 11.5 Å². The van der Waals surface area contributed by atoms with Crippen molar-refractivity contribution in [2.75, 3.05) is 23.8 Å². The number of carbonyl (C=O) groups is 2. The summed E-state index contributed by atoms with van der Waals surface area (Å²) in [7, 11) is 0. The van der Waals surface area contributed by atoms with E-state index in [9.17, 15) is 9.59 Å². The number of hydrogen-bond acceptors (Lipinski definition) is 4. The van der Waals surface area contributed by atoms with Crippen LogP contribution in [0.2, 0.25) is 10.0 Å². The van der Waals surface area contributed by atoms with E-state index in [2.05, 4.69) is 10.6 Å². The van der Waals surface area contributed by atoms with Crippen molar-refractivity contribution in [3.05, 3.63) is 80.8 Å². The zero-order chi connectivity index (χ0) is 24.8. The number of amides is 2. The number of nitrogens with one attached hydrogen (secondary N) is 2. The standard InChI is InChI=1S/C26H26Cl2N2O4/c1-15-17(3)23(11-9-19(15)27)33-13-25(31)29-21-7-5-6-8-22(21)30-26(32)14-34-24-12-10-20(28)16(2)18(24)4/h5-12H,13-14H2,1-4H3,(H,29,31)(H,30,32). The van der Waals surface area contributed by atoms with E-state index in [-0.39, 0.29) is 25.0 Å². The third-order valence-electron chi connectivity index (χ3n) is 5.54. The molecule has 3 aromatic carbocycles. The molecular weight excluding hydrogens is 475 g/mol. The summed E-state index contributed by atoms with van der Waals surface area (Å²) in [5, 5.41) is 6.82. The smallest absolute Gasteiger partial charge is 0.262 e. The maximum atomic E-state index is 12.5. The van der Waals surface area contributed by atoms with Gasteiger partial charge in [-0.05, 0) is 86.3 Å². The van der Waals surface area contributed by atoms with Gasteiger partial charge < -0.3 is 20.1 Å². The van der Waals surface area contributed by atoms with Crippen LogP contribution in [0.25, 0.3) is 0 Å². The van der Waals surface area contributed by atoms with Crippen molar-refractivity contribution in [2.24, 2.45) is 0 Å². The van der Waals surface area contributed by atoms with Gasteiger partial charge in [-0.1, -0.05) is 35.3 Å². The Bertz CT molecular complexity index is 1130. The molecule has 0 saturated heterocycles. The molecule has 0 aliphatic carbocycles. The first-order chi connectivity index (χ1) is 16.2. The van der Waals surface area contributed by atoms with Gasteiger partial charge in [-0.3, -0.25) is 9.59 Å². The fraction of sp³-hybridized carbons (Fsp3) is 0.231. The Morgan fingerprint density at radius 2 is 1.03 bits per heavy atom. The fourth-order valence-electron chi connectivity index (χ4n) is 3.20. The van der Waals surface area contributed by atoms with Gasteiger partial charge in [0.05, 0.1) is 11.4 Å². The first-order valence-electron chi connectivity index (χ1n) is 10.6. The molecule has 2 N–H and O–H groups in total. The van der Waals surface area contributed by atoms with Crippen LogP contribution in [-0.4, -0.2) is 25.0 Å². The van der Waals surface area contributed by atoms with Crippen molar-refractivity contribution < 1.29 is 19.1 Å². The Morgan fingerprint density at radius 1 is 0.647 bits per heavy atom. The van der Waals surface area contributed by atoms with E-state index in [1.54, 1.807) is 48.5 Å². The highest BCUT2D eigenvalue weighted by Crippen LogP contribution is 2.28. The molecule has 2 amide bonds. The molecule has 0 spiro atoms. The number of halogens is 2. The lowest BCUT2D eigenvalue weighted by Gasteiger charge is -2.15. The number of rotatable bonds is 8. The summed E-state index contributed by atoms with van der Waals surface area (Å²) in [6, 6.07) is 13.8. The van der Waals surface area contributed by atoms with Gasteiger partial charge in [0.15, 0.2) is 13.2 Å². The monoisotopic (exact) mass is 500 g/mol. The Labute approximate surface area is 209 Å². The maximum absolute atomic E-state index is 12.5. The number of benzene rings is 3. The van der Waals surface area contributed by atoms with Crippen molar-refractivity contribution in [1.29, 1.82) is 0 Å². The van der Waals surface area contributed by atoms with Gasteiger partial charge in [0.1, 0.15) is 11.5 Å². The quantitative estimate of drug-likeness (QED) is 0.382. The molecule has 0 bridgehead atoms. The third-order valence-corrected chi connectivity index (χ3v) is 6.35. The largest absolute Gasteiger partial charge is 0.483 e. The van der Waals surface area contributed by atoms with Gasteiger partial charge in [0.2, 0.25) is 0 Å². The van der Waals surface area contributed by atoms with Crippen molar-refractivity contribution in [2.45, 2.75) is 27.7 Å². The predicted octanol–water partition coefficient (Wildman–Crippen LogP) is 6.26. The van der Waals surface area contributed by atoms with E-state index in [0.29, 0.717) is 32.9 Å². The lowest BCUT2D eigenvalue weighted by molar-refractivity contribution is -0.119. The Morgan fingerprint density at radius 3 is 1.41 bits per heavy atom. The highest BCUT2D eigenvalue weighted by Gasteiger charge is 2.13. The van der Waals surface area contributed by atoms with E-state index in [4.69, 9.17) is 32.7 Å². The van der Waals surface area contributed by atoms with Crippen LogP contribution in [0.15, 0.2) is 48.5 Å². The summed E-state index contributed by atoms with van der Waals surface area (Å²) in [4.78, 5) is 25.0. The minimum absolute atomic E-state index is 0.192. The van der Waals surface area contributed by atoms with E-state index in [0.717, 1.165) is 22.3 Å². The zero-order valence-corrected chi connectivity index (χ0v) is 20.9. The van der Waals surface area contributed by atoms with Crippen LogP contribution in [0.3, 0.4) is 0 Å². The third kappa shape index (κ3) is 6.22. The molecule has 0 aliphatic heterocycles. The minimum Gasteiger partial charge on any atom is -0.483 e. The molecule has 0 heterocycles. The SMILES string of the molecule is Cc1c(Cl)ccc(OCC(=O)Nc2ccccc2NC(=O)COc2ccc(Cl)c(C)c2C)c1C.